The number of nitrogens with one attached hydrogen (secondary N) is 2. The second-order valence-corrected chi connectivity index (χ2v) is 8.34. The van der Waals surface area contributed by atoms with Crippen LogP contribution in [0.3, 0.4) is 0 Å². The standard InChI is InChI=1S/C14H30N2O2S/c1-5-14(2,3)12-6-8-13(9-7-12)15-10-11-16-19(4,17)18/h12-13,15-16H,5-11H2,1-4H3. The first-order chi connectivity index (χ1) is 8.74. The lowest BCUT2D eigenvalue weighted by atomic mass is 9.69. The molecule has 0 saturated heterocycles. The summed E-state index contributed by atoms with van der Waals surface area (Å²) in [5, 5.41) is 3.46. The third-order valence-electron chi connectivity index (χ3n) is 4.67. The molecule has 5 heteroatoms. The topological polar surface area (TPSA) is 58.2 Å². The monoisotopic (exact) mass is 290 g/mol. The average molecular weight is 290 g/mol. The third kappa shape index (κ3) is 6.23. The molecule has 1 fully saturated rings. The van der Waals surface area contributed by atoms with Crippen LogP contribution in [0.25, 0.3) is 0 Å². The van der Waals surface area contributed by atoms with E-state index in [4.69, 9.17) is 0 Å². The summed E-state index contributed by atoms with van der Waals surface area (Å²) in [6.45, 7) is 8.24. The van der Waals surface area contributed by atoms with Gasteiger partial charge in [-0.1, -0.05) is 27.2 Å². The lowest BCUT2D eigenvalue weighted by Gasteiger charge is -2.39. The molecule has 114 valence electrons. The van der Waals surface area contributed by atoms with Crippen LogP contribution in [0.15, 0.2) is 0 Å². The van der Waals surface area contributed by atoms with Crippen molar-refractivity contribution < 1.29 is 8.42 Å². The van der Waals surface area contributed by atoms with E-state index >= 15 is 0 Å². The van der Waals surface area contributed by atoms with E-state index < -0.39 is 10.0 Å². The van der Waals surface area contributed by atoms with E-state index in [2.05, 4.69) is 30.8 Å². The van der Waals surface area contributed by atoms with Crippen molar-refractivity contribution in [1.82, 2.24) is 10.0 Å². The van der Waals surface area contributed by atoms with Gasteiger partial charge in [-0.3, -0.25) is 0 Å². The molecule has 1 rings (SSSR count). The van der Waals surface area contributed by atoms with Crippen molar-refractivity contribution in [2.75, 3.05) is 19.3 Å². The highest BCUT2D eigenvalue weighted by atomic mass is 32.2. The second kappa shape index (κ2) is 7.04. The van der Waals surface area contributed by atoms with E-state index in [0.717, 1.165) is 12.5 Å². The molecule has 1 aliphatic carbocycles. The Hall–Kier alpha value is -0.130. The average Bonchev–Trinajstić information content (AvgIpc) is 2.34. The van der Waals surface area contributed by atoms with Gasteiger partial charge in [0.05, 0.1) is 6.26 Å². The Bertz CT molecular complexity index is 358. The molecule has 1 aliphatic rings. The zero-order valence-electron chi connectivity index (χ0n) is 12.8. The highest BCUT2D eigenvalue weighted by molar-refractivity contribution is 7.88. The van der Waals surface area contributed by atoms with Gasteiger partial charge in [0.25, 0.3) is 0 Å². The van der Waals surface area contributed by atoms with Crippen LogP contribution >= 0.6 is 0 Å². The van der Waals surface area contributed by atoms with Gasteiger partial charge in [-0.15, -0.1) is 0 Å². The summed E-state index contributed by atoms with van der Waals surface area (Å²) in [6.07, 6.45) is 7.45. The van der Waals surface area contributed by atoms with E-state index in [9.17, 15) is 8.42 Å². The number of rotatable bonds is 7. The van der Waals surface area contributed by atoms with Crippen LogP contribution in [0.1, 0.15) is 52.9 Å². The Balaban J connectivity index is 2.20. The molecular weight excluding hydrogens is 260 g/mol. The molecule has 4 nitrogen and oxygen atoms in total. The van der Waals surface area contributed by atoms with Crippen LogP contribution < -0.4 is 10.0 Å². The molecule has 0 aliphatic heterocycles. The van der Waals surface area contributed by atoms with Crippen molar-refractivity contribution in [2.45, 2.75) is 58.9 Å². The van der Waals surface area contributed by atoms with Gasteiger partial charge in [0.1, 0.15) is 0 Å². The molecule has 0 aromatic heterocycles. The van der Waals surface area contributed by atoms with E-state index in [-0.39, 0.29) is 0 Å². The SMILES string of the molecule is CCC(C)(C)C1CCC(NCCNS(C)(=O)=O)CC1. The maximum Gasteiger partial charge on any atom is 0.208 e. The molecule has 0 aromatic carbocycles. The van der Waals surface area contributed by atoms with E-state index in [1.54, 1.807) is 0 Å². The fourth-order valence-corrected chi connectivity index (χ4v) is 3.35. The number of hydrogen-bond donors (Lipinski definition) is 2. The predicted molar refractivity (Wildman–Crippen MR) is 80.7 cm³/mol. The summed E-state index contributed by atoms with van der Waals surface area (Å²) in [4.78, 5) is 0. The maximum absolute atomic E-state index is 10.9. The molecular formula is C14H30N2O2S. The zero-order chi connectivity index (χ0) is 14.5. The summed E-state index contributed by atoms with van der Waals surface area (Å²) >= 11 is 0. The highest BCUT2D eigenvalue weighted by Crippen LogP contribution is 2.40. The van der Waals surface area contributed by atoms with Gasteiger partial charge in [-0.05, 0) is 37.0 Å². The van der Waals surface area contributed by atoms with Gasteiger partial charge in [0.2, 0.25) is 10.0 Å². The molecule has 0 unspecified atom stereocenters. The van der Waals surface area contributed by atoms with Crippen LogP contribution in [-0.4, -0.2) is 33.8 Å². The van der Waals surface area contributed by atoms with E-state index in [0.29, 0.717) is 18.0 Å². The summed E-state index contributed by atoms with van der Waals surface area (Å²) in [7, 11) is -3.05. The molecule has 0 amide bonds. The molecule has 0 aromatic rings. The molecule has 1 saturated carbocycles. The van der Waals surface area contributed by atoms with E-state index in [1.807, 2.05) is 0 Å². The first kappa shape index (κ1) is 16.9. The summed E-state index contributed by atoms with van der Waals surface area (Å²) in [5.41, 5.74) is 0.461. The normalized spacial score (nSPS) is 25.5. The van der Waals surface area contributed by atoms with E-state index in [1.165, 1.54) is 38.4 Å². The third-order valence-corrected chi connectivity index (χ3v) is 5.39. The van der Waals surface area contributed by atoms with Gasteiger partial charge in [0, 0.05) is 19.1 Å². The molecule has 19 heavy (non-hydrogen) atoms. The van der Waals surface area contributed by atoms with Crippen molar-refractivity contribution in [3.05, 3.63) is 0 Å². The number of hydrogen-bond acceptors (Lipinski definition) is 3. The molecule has 0 bridgehead atoms. The van der Waals surface area contributed by atoms with Crippen LogP contribution in [0.2, 0.25) is 0 Å². The van der Waals surface area contributed by atoms with Gasteiger partial charge in [0.15, 0.2) is 0 Å². The lowest BCUT2D eigenvalue weighted by Crippen LogP contribution is -2.40. The highest BCUT2D eigenvalue weighted by Gasteiger charge is 2.31. The Morgan fingerprint density at radius 1 is 1.11 bits per heavy atom. The first-order valence-electron chi connectivity index (χ1n) is 7.42. The minimum Gasteiger partial charge on any atom is -0.313 e. The van der Waals surface area contributed by atoms with Crippen molar-refractivity contribution in [2.24, 2.45) is 11.3 Å². The van der Waals surface area contributed by atoms with Gasteiger partial charge in [-0.2, -0.15) is 0 Å². The van der Waals surface area contributed by atoms with Crippen LogP contribution in [-0.2, 0) is 10.0 Å². The van der Waals surface area contributed by atoms with Crippen LogP contribution in [0.4, 0.5) is 0 Å². The van der Waals surface area contributed by atoms with Crippen LogP contribution in [0, 0.1) is 11.3 Å². The zero-order valence-corrected chi connectivity index (χ0v) is 13.6. The summed E-state index contributed by atoms with van der Waals surface area (Å²) in [6, 6.07) is 0.560. The minimum atomic E-state index is -3.05. The van der Waals surface area contributed by atoms with Gasteiger partial charge >= 0.3 is 0 Å². The quantitative estimate of drug-likeness (QED) is 0.706. The minimum absolute atomic E-state index is 0.461. The molecule has 2 N–H and O–H groups in total. The van der Waals surface area contributed by atoms with Crippen molar-refractivity contribution in [3.8, 4) is 0 Å². The fourth-order valence-electron chi connectivity index (χ4n) is 2.88. The Morgan fingerprint density at radius 2 is 1.68 bits per heavy atom. The van der Waals surface area contributed by atoms with Crippen LogP contribution in [0.5, 0.6) is 0 Å². The van der Waals surface area contributed by atoms with Gasteiger partial charge in [-0.25, -0.2) is 13.1 Å². The summed E-state index contributed by atoms with van der Waals surface area (Å²) in [5.74, 6) is 0.838. The number of sulfonamides is 1. The van der Waals surface area contributed by atoms with Crippen molar-refractivity contribution >= 4 is 10.0 Å². The molecule has 0 spiro atoms. The van der Waals surface area contributed by atoms with Gasteiger partial charge < -0.3 is 5.32 Å². The predicted octanol–water partition coefficient (Wildman–Crippen LogP) is 2.12. The fraction of sp³-hybridized carbons (Fsp3) is 1.00. The Labute approximate surface area is 118 Å². The Morgan fingerprint density at radius 3 is 2.16 bits per heavy atom. The first-order valence-corrected chi connectivity index (χ1v) is 9.32. The molecule has 0 atom stereocenters. The summed E-state index contributed by atoms with van der Waals surface area (Å²) < 4.78 is 24.4. The lowest BCUT2D eigenvalue weighted by molar-refractivity contribution is 0.137. The van der Waals surface area contributed by atoms with Crippen molar-refractivity contribution in [1.29, 1.82) is 0 Å². The second-order valence-electron chi connectivity index (χ2n) is 6.51. The van der Waals surface area contributed by atoms with Crippen molar-refractivity contribution in [3.63, 3.8) is 0 Å². The Kier molecular flexibility index (Phi) is 6.27. The maximum atomic E-state index is 10.9. The smallest absolute Gasteiger partial charge is 0.208 e. The molecule has 0 radical (unpaired) electrons. The largest absolute Gasteiger partial charge is 0.313 e. The molecule has 0 heterocycles.